The predicted octanol–water partition coefficient (Wildman–Crippen LogP) is 5.51. The molecule has 2 aliphatic heterocycles. The van der Waals surface area contributed by atoms with Gasteiger partial charge < -0.3 is 29.6 Å². The van der Waals surface area contributed by atoms with E-state index in [1.807, 2.05) is 0 Å². The first-order valence-electron chi connectivity index (χ1n) is 16.8. The number of carboxylic acids is 1. The number of nitrogens with one attached hydrogen (secondary N) is 1. The lowest BCUT2D eigenvalue weighted by Gasteiger charge is -2.38. The third-order valence-corrected chi connectivity index (χ3v) is 13.3. The van der Waals surface area contributed by atoms with Gasteiger partial charge in [0.05, 0.1) is 26.8 Å². The zero-order valence-electron chi connectivity index (χ0n) is 29.6. The summed E-state index contributed by atoms with van der Waals surface area (Å²) in [7, 11) is -3.64. The number of ether oxygens (including phenoxy) is 1. The normalized spacial score (nSPS) is 19.4. The van der Waals surface area contributed by atoms with E-state index < -0.39 is 56.8 Å². The molecule has 0 radical (unpaired) electrons. The molecule has 3 aromatic carbocycles. The fourth-order valence-corrected chi connectivity index (χ4v) is 9.62. The van der Waals surface area contributed by atoms with Crippen molar-refractivity contribution in [3.63, 3.8) is 0 Å². The maximum absolute atomic E-state index is 14.0. The molecule has 1 fully saturated rings. The number of amides is 3. The number of rotatable bonds is 10. The number of carboxylic acid groups (broad SMARTS) is 2. The molecule has 2 aliphatic rings. The summed E-state index contributed by atoms with van der Waals surface area (Å²) in [4.78, 5) is 66.2. The Balaban J connectivity index is 1.26. The Morgan fingerprint density at radius 3 is 2.53 bits per heavy atom. The monoisotopic (exact) mass is 831 g/mol. The molecule has 4 atom stereocenters. The van der Waals surface area contributed by atoms with Gasteiger partial charge in [-0.25, -0.2) is 22.8 Å². The number of fused-ring (bicyclic) bond motifs is 2. The number of esters is 1. The maximum Gasteiger partial charge on any atom is 0.409 e. The van der Waals surface area contributed by atoms with Crippen molar-refractivity contribution in [3.8, 4) is 0 Å². The molecule has 3 heterocycles. The summed E-state index contributed by atoms with van der Waals surface area (Å²) in [6.07, 6.45) is -0.145. The van der Waals surface area contributed by atoms with E-state index in [9.17, 15) is 42.6 Å². The highest BCUT2D eigenvalue weighted by Gasteiger charge is 2.54. The lowest BCUT2D eigenvalue weighted by atomic mass is 9.95. The van der Waals surface area contributed by atoms with Crippen LogP contribution in [0.15, 0.2) is 70.2 Å². The Hall–Kier alpha value is -4.77. The summed E-state index contributed by atoms with van der Waals surface area (Å²) in [5, 5.41) is 23.0. The van der Waals surface area contributed by atoms with Crippen molar-refractivity contribution in [1.82, 2.24) is 15.1 Å². The minimum Gasteiger partial charge on any atom is -0.480 e. The number of hydrogen-bond donors (Lipinski definition) is 3. The van der Waals surface area contributed by atoms with Crippen LogP contribution in [0, 0.1) is 0 Å². The maximum atomic E-state index is 14.0. The number of carbonyl (C=O) groups excluding carboxylic acids is 3. The van der Waals surface area contributed by atoms with Gasteiger partial charge in [0.25, 0.3) is 11.8 Å². The number of carbonyl (C=O) groups is 5. The molecule has 0 saturated carbocycles. The van der Waals surface area contributed by atoms with Crippen LogP contribution in [0.1, 0.15) is 51.3 Å². The lowest BCUT2D eigenvalue weighted by Crippen LogP contribution is -2.57. The first kappa shape index (κ1) is 39.9. The van der Waals surface area contributed by atoms with Crippen LogP contribution in [-0.4, -0.2) is 99.9 Å². The smallest absolute Gasteiger partial charge is 0.409 e. The van der Waals surface area contributed by atoms with Crippen molar-refractivity contribution >= 4 is 85.6 Å². The van der Waals surface area contributed by atoms with Crippen molar-refractivity contribution in [2.24, 2.45) is 0 Å². The summed E-state index contributed by atoms with van der Waals surface area (Å²) in [5.41, 5.74) is 2.43. The molecule has 0 spiro atoms. The Morgan fingerprint density at radius 1 is 1.09 bits per heavy atom. The number of benzene rings is 3. The number of hydrogen-bond acceptors (Lipinski definition) is 10. The molecule has 0 aliphatic carbocycles. The van der Waals surface area contributed by atoms with Crippen molar-refractivity contribution in [1.29, 1.82) is 0 Å². The van der Waals surface area contributed by atoms with Crippen LogP contribution < -0.4 is 5.32 Å². The van der Waals surface area contributed by atoms with Crippen LogP contribution in [0.4, 0.5) is 4.79 Å². The molecule has 1 aromatic heterocycles. The molecule has 290 valence electrons. The second-order valence-electron chi connectivity index (χ2n) is 13.4. The zero-order valence-corrected chi connectivity index (χ0v) is 32.7. The van der Waals surface area contributed by atoms with E-state index in [4.69, 9.17) is 32.4 Å². The van der Waals surface area contributed by atoms with Gasteiger partial charge in [0, 0.05) is 42.5 Å². The van der Waals surface area contributed by atoms with Crippen LogP contribution in [0.3, 0.4) is 0 Å². The number of nitrogens with zero attached hydrogens (tertiary/aromatic N) is 2. The Labute approximate surface area is 329 Å². The predicted molar refractivity (Wildman–Crippen MR) is 203 cm³/mol. The average molecular weight is 833 g/mol. The van der Waals surface area contributed by atoms with E-state index in [1.165, 1.54) is 38.1 Å². The van der Waals surface area contributed by atoms with Crippen LogP contribution in [0.5, 0.6) is 0 Å². The molecule has 55 heavy (non-hydrogen) atoms. The fraction of sp³-hybridized carbons (Fsp3) is 0.324. The largest absolute Gasteiger partial charge is 0.480 e. The highest BCUT2D eigenvalue weighted by molar-refractivity contribution is 8.01. The molecule has 3 amide bonds. The summed E-state index contributed by atoms with van der Waals surface area (Å²) in [6, 6.07) is 11.4. The van der Waals surface area contributed by atoms with E-state index in [0.717, 1.165) is 28.3 Å². The summed E-state index contributed by atoms with van der Waals surface area (Å²) in [6.45, 7) is 3.28. The number of aliphatic carboxylic acids is 1. The first-order chi connectivity index (χ1) is 25.9. The third kappa shape index (κ3) is 7.99. The third-order valence-electron chi connectivity index (χ3n) is 9.84. The van der Waals surface area contributed by atoms with Gasteiger partial charge >= 0.3 is 18.0 Å². The second-order valence-corrected chi connectivity index (χ2v) is 17.7. The van der Waals surface area contributed by atoms with Crippen LogP contribution in [0.2, 0.25) is 10.0 Å². The Bertz CT molecular complexity index is 2350. The molecule has 3 unspecified atom stereocenters. The molecule has 3 N–H and O–H groups in total. The van der Waals surface area contributed by atoms with Gasteiger partial charge in [-0.2, -0.15) is 0 Å². The molecule has 0 bridgehead atoms. The SMILES string of the molecule is CC(OC(=O)[C@H](Cc1cccc(S(C)(=O)=O)c1)NC(=O)c1c(Cl)cc2c(c1Cl)CCN(C(=O)c1ccc3ccoc3c1)C2)C1(C)SCC(C(=O)O)N1C(=O)O. The molecule has 1 saturated heterocycles. The number of halogens is 2. The van der Waals surface area contributed by atoms with E-state index >= 15 is 0 Å². The van der Waals surface area contributed by atoms with Crippen LogP contribution in [-0.2, 0) is 43.5 Å². The zero-order chi connectivity index (χ0) is 40.0. The van der Waals surface area contributed by atoms with Gasteiger partial charge in [0.2, 0.25) is 0 Å². The second kappa shape index (κ2) is 15.4. The topological polar surface area (TPSA) is 201 Å². The van der Waals surface area contributed by atoms with Gasteiger partial charge in [0.15, 0.2) is 9.84 Å². The van der Waals surface area contributed by atoms with Crippen molar-refractivity contribution in [3.05, 3.63) is 98.7 Å². The van der Waals surface area contributed by atoms with Crippen molar-refractivity contribution in [2.45, 2.75) is 61.2 Å². The highest BCUT2D eigenvalue weighted by Crippen LogP contribution is 2.43. The lowest BCUT2D eigenvalue weighted by molar-refractivity contribution is -0.155. The summed E-state index contributed by atoms with van der Waals surface area (Å²) >= 11 is 14.5. The standard InChI is InChI=1S/C37H35Cl2N3O11S2/c1-19(37(2)42(36(48)49)28(18-54-37)34(45)46)53-35(47)27(14-20-5-4-6-24(13-20)55(3,50)51)40-32(43)30-26(38)15-23-17-41(11-9-25(23)31(30)39)33(44)22-8-7-21-10-12-52-29(21)16-22/h4-8,10,12-13,15-16,19,27-28H,9,11,14,17-18H2,1-3H3,(H,40,43)(H,45,46)(H,48,49)/t19?,27-,28?,37?/m0/s1. The van der Waals surface area contributed by atoms with Crippen molar-refractivity contribution in [2.75, 3.05) is 18.6 Å². The molecule has 18 heteroatoms. The molecule has 4 aromatic rings. The summed E-state index contributed by atoms with van der Waals surface area (Å²) < 4.78 is 35.8. The average Bonchev–Trinajstić information content (AvgIpc) is 3.75. The number of thioether (sulfide) groups is 1. The number of sulfone groups is 1. The van der Waals surface area contributed by atoms with E-state index in [-0.39, 0.29) is 58.1 Å². The van der Waals surface area contributed by atoms with Gasteiger partial charge in [-0.15, -0.1) is 11.8 Å². The molecule has 14 nitrogen and oxygen atoms in total. The van der Waals surface area contributed by atoms with Gasteiger partial charge in [-0.3, -0.25) is 14.5 Å². The Kier molecular flexibility index (Phi) is 11.2. The van der Waals surface area contributed by atoms with Gasteiger partial charge in [0.1, 0.15) is 28.6 Å². The quantitative estimate of drug-likeness (QED) is 0.170. The van der Waals surface area contributed by atoms with Gasteiger partial charge in [-0.1, -0.05) is 41.4 Å². The minimum absolute atomic E-state index is 0.0235. The molecular weight excluding hydrogens is 797 g/mol. The minimum atomic E-state index is -3.64. The van der Waals surface area contributed by atoms with E-state index in [0.29, 0.717) is 27.8 Å². The highest BCUT2D eigenvalue weighted by atomic mass is 35.5. The van der Waals surface area contributed by atoms with Crippen molar-refractivity contribution < 1.29 is 51.8 Å². The number of furan rings is 1. The van der Waals surface area contributed by atoms with E-state index in [1.54, 1.807) is 41.5 Å². The van der Waals surface area contributed by atoms with Gasteiger partial charge in [-0.05, 0) is 73.4 Å². The summed E-state index contributed by atoms with van der Waals surface area (Å²) in [5.74, 6) is -3.55. The van der Waals surface area contributed by atoms with Crippen LogP contribution in [0.25, 0.3) is 11.0 Å². The fourth-order valence-electron chi connectivity index (χ4n) is 6.75. The van der Waals surface area contributed by atoms with E-state index in [2.05, 4.69) is 5.32 Å². The molecular formula is C37H35Cl2N3O11S2. The molecule has 6 rings (SSSR count). The first-order valence-corrected chi connectivity index (χ1v) is 20.5. The van der Waals surface area contributed by atoms with Crippen LogP contribution >= 0.6 is 35.0 Å². The Morgan fingerprint density at radius 2 is 1.84 bits per heavy atom.